The van der Waals surface area contributed by atoms with E-state index in [-0.39, 0.29) is 11.7 Å². The summed E-state index contributed by atoms with van der Waals surface area (Å²) in [5.74, 6) is 1.35. The summed E-state index contributed by atoms with van der Waals surface area (Å²) in [5.41, 5.74) is 4.74. The highest BCUT2D eigenvalue weighted by molar-refractivity contribution is 5.76. The number of amides is 1. The van der Waals surface area contributed by atoms with Gasteiger partial charge in [0, 0.05) is 44.8 Å². The lowest BCUT2D eigenvalue weighted by Gasteiger charge is -2.34. The fraction of sp³-hybridized carbons (Fsp3) is 0.400. The summed E-state index contributed by atoms with van der Waals surface area (Å²) in [7, 11) is 0. The SMILES string of the molecule is Cc1nn(-c2ccc3nnc(C)n3n2)c(C)c1CCC(=O)N1CCN(Cc2ccc(F)cc2)CC1. The molecule has 0 unspecified atom stereocenters. The molecule has 0 N–H and O–H groups in total. The third-order valence-electron chi connectivity index (χ3n) is 6.70. The third kappa shape index (κ3) is 4.79. The Morgan fingerprint density at radius 3 is 2.43 bits per heavy atom. The standard InChI is InChI=1S/C25H29FN8O/c1-17-22(18(2)33(29-17)24-10-9-23-28-27-19(3)34(23)30-24)8-11-25(35)32-14-12-31(13-15-32)16-20-4-6-21(26)7-5-20/h4-7,9-10H,8,11-16H2,1-3H3. The van der Waals surface area contributed by atoms with Crippen LogP contribution in [0.3, 0.4) is 0 Å². The first-order chi connectivity index (χ1) is 16.9. The van der Waals surface area contributed by atoms with Crippen molar-refractivity contribution in [3.8, 4) is 5.82 Å². The molecule has 0 radical (unpaired) electrons. The number of hydrogen-bond donors (Lipinski definition) is 0. The smallest absolute Gasteiger partial charge is 0.222 e. The highest BCUT2D eigenvalue weighted by atomic mass is 19.1. The van der Waals surface area contributed by atoms with Crippen LogP contribution >= 0.6 is 0 Å². The number of aromatic nitrogens is 6. The summed E-state index contributed by atoms with van der Waals surface area (Å²) in [4.78, 5) is 17.2. The van der Waals surface area contributed by atoms with Crippen LogP contribution in [0, 0.1) is 26.6 Å². The molecule has 0 saturated carbocycles. The summed E-state index contributed by atoms with van der Waals surface area (Å²) >= 11 is 0. The maximum Gasteiger partial charge on any atom is 0.222 e. The molecule has 0 atom stereocenters. The van der Waals surface area contributed by atoms with Crippen LogP contribution in [0.4, 0.5) is 4.39 Å². The van der Waals surface area contributed by atoms with Crippen molar-refractivity contribution in [2.24, 2.45) is 0 Å². The molecule has 1 aromatic carbocycles. The predicted molar refractivity (Wildman–Crippen MR) is 129 cm³/mol. The van der Waals surface area contributed by atoms with Gasteiger partial charge >= 0.3 is 0 Å². The van der Waals surface area contributed by atoms with E-state index in [0.717, 1.165) is 42.1 Å². The molecule has 1 amide bonds. The van der Waals surface area contributed by atoms with E-state index in [0.29, 0.717) is 43.2 Å². The first-order valence-corrected chi connectivity index (χ1v) is 11.9. The Bertz CT molecular complexity index is 1350. The first-order valence-electron chi connectivity index (χ1n) is 11.9. The molecular weight excluding hydrogens is 447 g/mol. The minimum atomic E-state index is -0.219. The third-order valence-corrected chi connectivity index (χ3v) is 6.70. The molecule has 35 heavy (non-hydrogen) atoms. The molecule has 0 aliphatic carbocycles. The average molecular weight is 477 g/mol. The zero-order valence-electron chi connectivity index (χ0n) is 20.3. The van der Waals surface area contributed by atoms with Crippen molar-refractivity contribution in [1.82, 2.24) is 39.4 Å². The number of nitrogens with zero attached hydrogens (tertiary/aromatic N) is 8. The normalized spacial score (nSPS) is 14.7. The van der Waals surface area contributed by atoms with Crippen LogP contribution in [-0.2, 0) is 17.8 Å². The largest absolute Gasteiger partial charge is 0.340 e. The van der Waals surface area contributed by atoms with Gasteiger partial charge in [0.15, 0.2) is 17.3 Å². The van der Waals surface area contributed by atoms with Crippen molar-refractivity contribution in [3.05, 3.63) is 70.6 Å². The van der Waals surface area contributed by atoms with Crippen LogP contribution in [0.1, 0.15) is 34.8 Å². The van der Waals surface area contributed by atoms with Gasteiger partial charge in [-0.2, -0.15) is 9.61 Å². The summed E-state index contributed by atoms with van der Waals surface area (Å²) < 4.78 is 16.6. The number of hydrogen-bond acceptors (Lipinski definition) is 6. The Labute approximate surface area is 203 Å². The fourth-order valence-corrected chi connectivity index (χ4v) is 4.65. The molecule has 3 aromatic heterocycles. The molecule has 182 valence electrons. The summed E-state index contributed by atoms with van der Waals surface area (Å²) in [6, 6.07) is 10.4. The number of halogens is 1. The molecule has 10 heteroatoms. The van der Waals surface area contributed by atoms with Gasteiger partial charge in [-0.25, -0.2) is 9.07 Å². The van der Waals surface area contributed by atoms with E-state index in [1.165, 1.54) is 12.1 Å². The predicted octanol–water partition coefficient (Wildman–Crippen LogP) is 2.65. The molecule has 1 saturated heterocycles. The van der Waals surface area contributed by atoms with Gasteiger partial charge in [0.25, 0.3) is 0 Å². The molecule has 9 nitrogen and oxygen atoms in total. The molecule has 1 fully saturated rings. The van der Waals surface area contributed by atoms with Gasteiger partial charge in [0.05, 0.1) is 5.69 Å². The second-order valence-corrected chi connectivity index (χ2v) is 9.05. The van der Waals surface area contributed by atoms with Crippen LogP contribution in [0.25, 0.3) is 11.5 Å². The van der Waals surface area contributed by atoms with Gasteiger partial charge in [-0.05, 0) is 62.6 Å². The molecule has 1 aliphatic rings. The summed E-state index contributed by atoms with van der Waals surface area (Å²) in [6.07, 6.45) is 1.09. The van der Waals surface area contributed by atoms with Crippen LogP contribution < -0.4 is 0 Å². The second-order valence-electron chi connectivity index (χ2n) is 9.05. The number of piperazine rings is 1. The number of benzene rings is 1. The summed E-state index contributed by atoms with van der Waals surface area (Å²) in [5, 5.41) is 17.5. The molecule has 5 rings (SSSR count). The maximum atomic E-state index is 13.1. The zero-order valence-corrected chi connectivity index (χ0v) is 20.3. The van der Waals surface area contributed by atoms with E-state index in [1.54, 1.807) is 4.52 Å². The van der Waals surface area contributed by atoms with E-state index in [9.17, 15) is 9.18 Å². The van der Waals surface area contributed by atoms with Crippen molar-refractivity contribution in [3.63, 3.8) is 0 Å². The van der Waals surface area contributed by atoms with Gasteiger partial charge in [0.1, 0.15) is 5.82 Å². The lowest BCUT2D eigenvalue weighted by Crippen LogP contribution is -2.48. The number of carbonyl (C=O) groups excluding carboxylic acids is 1. The van der Waals surface area contributed by atoms with Gasteiger partial charge in [-0.1, -0.05) is 12.1 Å². The van der Waals surface area contributed by atoms with E-state index >= 15 is 0 Å². The van der Waals surface area contributed by atoms with Crippen molar-refractivity contribution in [2.75, 3.05) is 26.2 Å². The van der Waals surface area contributed by atoms with E-state index < -0.39 is 0 Å². The molecule has 4 heterocycles. The Kier molecular flexibility index (Phi) is 6.29. The fourth-order valence-electron chi connectivity index (χ4n) is 4.65. The average Bonchev–Trinajstić information content (AvgIpc) is 3.37. The molecule has 4 aromatic rings. The molecule has 0 spiro atoms. The first kappa shape index (κ1) is 23.1. The van der Waals surface area contributed by atoms with Crippen LogP contribution in [0.2, 0.25) is 0 Å². The Balaban J connectivity index is 1.19. The minimum absolute atomic E-state index is 0.164. The van der Waals surface area contributed by atoms with Gasteiger partial charge in [-0.15, -0.1) is 15.3 Å². The highest BCUT2D eigenvalue weighted by Crippen LogP contribution is 2.20. The number of aryl methyl sites for hydroxylation is 2. The van der Waals surface area contributed by atoms with Crippen molar-refractivity contribution >= 4 is 11.6 Å². The molecular formula is C25H29FN8O. The van der Waals surface area contributed by atoms with Gasteiger partial charge < -0.3 is 4.90 Å². The van der Waals surface area contributed by atoms with E-state index in [1.807, 2.05) is 54.6 Å². The molecule has 0 bridgehead atoms. The number of carbonyl (C=O) groups is 1. The maximum absolute atomic E-state index is 13.1. The van der Waals surface area contributed by atoms with Gasteiger partial charge in [0.2, 0.25) is 5.91 Å². The van der Waals surface area contributed by atoms with E-state index in [2.05, 4.69) is 20.2 Å². The van der Waals surface area contributed by atoms with Crippen LogP contribution in [0.5, 0.6) is 0 Å². The Hall–Kier alpha value is -3.66. The monoisotopic (exact) mass is 476 g/mol. The van der Waals surface area contributed by atoms with Gasteiger partial charge in [-0.3, -0.25) is 9.69 Å². The lowest BCUT2D eigenvalue weighted by atomic mass is 10.1. The highest BCUT2D eigenvalue weighted by Gasteiger charge is 2.22. The Morgan fingerprint density at radius 1 is 0.943 bits per heavy atom. The van der Waals surface area contributed by atoms with Crippen LogP contribution in [0.15, 0.2) is 36.4 Å². The Morgan fingerprint density at radius 2 is 1.69 bits per heavy atom. The van der Waals surface area contributed by atoms with Crippen molar-refractivity contribution < 1.29 is 9.18 Å². The summed E-state index contributed by atoms with van der Waals surface area (Å²) in [6.45, 7) is 9.66. The minimum Gasteiger partial charge on any atom is -0.340 e. The molecule has 1 aliphatic heterocycles. The quantitative estimate of drug-likeness (QED) is 0.425. The topological polar surface area (TPSA) is 84.4 Å². The van der Waals surface area contributed by atoms with Crippen molar-refractivity contribution in [1.29, 1.82) is 0 Å². The van der Waals surface area contributed by atoms with Crippen molar-refractivity contribution in [2.45, 2.75) is 40.2 Å². The number of rotatable bonds is 6. The number of fused-ring (bicyclic) bond motifs is 1. The van der Waals surface area contributed by atoms with Crippen LogP contribution in [-0.4, -0.2) is 71.5 Å². The lowest BCUT2D eigenvalue weighted by molar-refractivity contribution is -0.133. The van der Waals surface area contributed by atoms with E-state index in [4.69, 9.17) is 5.10 Å². The second kappa shape index (κ2) is 9.53. The zero-order chi connectivity index (χ0) is 24.5.